The second-order valence-electron chi connectivity index (χ2n) is 5.90. The second kappa shape index (κ2) is 6.16. The standard InChI is InChI=1S/C15H21BrN2OS/c1-17-12(13-5-6-14(16)20-13)9-11(15(17)19)10-18-7-3-2-4-8-18/h5-6,11-12H,2-4,7-10H2,1H3/t11-,12+/m1/s1. The lowest BCUT2D eigenvalue weighted by molar-refractivity contribution is -0.131. The van der Waals surface area contributed by atoms with Crippen molar-refractivity contribution >= 4 is 33.2 Å². The summed E-state index contributed by atoms with van der Waals surface area (Å²) in [5, 5.41) is 0. The van der Waals surface area contributed by atoms with Gasteiger partial charge in [0.2, 0.25) is 5.91 Å². The number of rotatable bonds is 3. The Balaban J connectivity index is 1.67. The molecule has 3 nitrogen and oxygen atoms in total. The van der Waals surface area contributed by atoms with Crippen LogP contribution in [0.3, 0.4) is 0 Å². The molecule has 0 radical (unpaired) electrons. The molecule has 0 aromatic carbocycles. The molecule has 0 bridgehead atoms. The monoisotopic (exact) mass is 356 g/mol. The van der Waals surface area contributed by atoms with Crippen LogP contribution in [0.2, 0.25) is 0 Å². The zero-order valence-electron chi connectivity index (χ0n) is 11.8. The zero-order chi connectivity index (χ0) is 14.1. The highest BCUT2D eigenvalue weighted by Gasteiger charge is 2.39. The maximum atomic E-state index is 12.5. The molecule has 0 spiro atoms. The predicted molar refractivity (Wildman–Crippen MR) is 85.9 cm³/mol. The lowest BCUT2D eigenvalue weighted by atomic mass is 10.0. The molecule has 0 saturated carbocycles. The number of piperidine rings is 1. The van der Waals surface area contributed by atoms with Gasteiger partial charge in [0.25, 0.3) is 0 Å². The van der Waals surface area contributed by atoms with E-state index in [9.17, 15) is 4.79 Å². The fraction of sp³-hybridized carbons (Fsp3) is 0.667. The highest BCUT2D eigenvalue weighted by atomic mass is 79.9. The van der Waals surface area contributed by atoms with Gasteiger partial charge in [-0.3, -0.25) is 4.79 Å². The van der Waals surface area contributed by atoms with Crippen molar-refractivity contribution in [1.82, 2.24) is 9.80 Å². The molecule has 0 unspecified atom stereocenters. The molecule has 2 atom stereocenters. The van der Waals surface area contributed by atoms with E-state index < -0.39 is 0 Å². The summed E-state index contributed by atoms with van der Waals surface area (Å²) in [5.74, 6) is 0.508. The summed E-state index contributed by atoms with van der Waals surface area (Å²) in [6.07, 6.45) is 4.90. The van der Waals surface area contributed by atoms with Crippen LogP contribution in [0.4, 0.5) is 0 Å². The molecule has 1 amide bonds. The molecular weight excluding hydrogens is 336 g/mol. The number of amides is 1. The minimum Gasteiger partial charge on any atom is -0.338 e. The fourth-order valence-corrected chi connectivity index (χ4v) is 4.97. The van der Waals surface area contributed by atoms with Crippen LogP contribution in [-0.2, 0) is 4.79 Å². The number of hydrogen-bond donors (Lipinski definition) is 0. The number of carbonyl (C=O) groups is 1. The van der Waals surface area contributed by atoms with E-state index in [1.54, 1.807) is 11.3 Å². The summed E-state index contributed by atoms with van der Waals surface area (Å²) in [7, 11) is 1.96. The van der Waals surface area contributed by atoms with Gasteiger partial charge in [-0.25, -0.2) is 0 Å². The normalized spacial score (nSPS) is 28.3. The molecule has 110 valence electrons. The minimum atomic E-state index is 0.184. The largest absolute Gasteiger partial charge is 0.338 e. The number of halogens is 1. The molecule has 2 fully saturated rings. The van der Waals surface area contributed by atoms with Gasteiger partial charge in [-0.1, -0.05) is 6.42 Å². The quantitative estimate of drug-likeness (QED) is 0.827. The van der Waals surface area contributed by atoms with E-state index >= 15 is 0 Å². The van der Waals surface area contributed by atoms with Gasteiger partial charge in [-0.2, -0.15) is 0 Å². The van der Waals surface area contributed by atoms with Gasteiger partial charge < -0.3 is 9.80 Å². The first-order valence-electron chi connectivity index (χ1n) is 7.39. The highest BCUT2D eigenvalue weighted by Crippen LogP contribution is 2.39. The molecule has 2 saturated heterocycles. The van der Waals surface area contributed by atoms with Crippen LogP contribution in [0.25, 0.3) is 0 Å². The van der Waals surface area contributed by atoms with Crippen molar-refractivity contribution in [2.24, 2.45) is 5.92 Å². The van der Waals surface area contributed by atoms with Crippen molar-refractivity contribution in [2.45, 2.75) is 31.7 Å². The summed E-state index contributed by atoms with van der Waals surface area (Å²) in [6, 6.07) is 4.50. The molecule has 1 aromatic heterocycles. The van der Waals surface area contributed by atoms with Crippen LogP contribution in [0.15, 0.2) is 15.9 Å². The SMILES string of the molecule is CN1C(=O)[C@@H](CN2CCCCC2)C[C@H]1c1ccc(Br)s1. The summed E-state index contributed by atoms with van der Waals surface area (Å²) in [4.78, 5) is 18.2. The first kappa shape index (κ1) is 14.5. The maximum Gasteiger partial charge on any atom is 0.227 e. The van der Waals surface area contributed by atoms with Crippen LogP contribution in [0.5, 0.6) is 0 Å². The van der Waals surface area contributed by atoms with E-state index in [0.717, 1.165) is 16.8 Å². The minimum absolute atomic E-state index is 0.184. The molecule has 0 aliphatic carbocycles. The lowest BCUT2D eigenvalue weighted by Gasteiger charge is -2.28. The van der Waals surface area contributed by atoms with E-state index in [4.69, 9.17) is 0 Å². The summed E-state index contributed by atoms with van der Waals surface area (Å²) >= 11 is 5.26. The van der Waals surface area contributed by atoms with Gasteiger partial charge >= 0.3 is 0 Å². The highest BCUT2D eigenvalue weighted by molar-refractivity contribution is 9.11. The van der Waals surface area contributed by atoms with E-state index in [1.165, 1.54) is 37.2 Å². The van der Waals surface area contributed by atoms with Crippen LogP contribution in [-0.4, -0.2) is 42.4 Å². The number of thiophene rings is 1. The predicted octanol–water partition coefficient (Wildman–Crippen LogP) is 3.52. The van der Waals surface area contributed by atoms with E-state index in [0.29, 0.717) is 5.91 Å². The molecule has 3 heterocycles. The summed E-state index contributed by atoms with van der Waals surface area (Å²) < 4.78 is 1.15. The van der Waals surface area contributed by atoms with Crippen molar-refractivity contribution in [3.63, 3.8) is 0 Å². The molecule has 2 aliphatic heterocycles. The van der Waals surface area contributed by atoms with Gasteiger partial charge in [-0.15, -0.1) is 11.3 Å². The number of likely N-dealkylation sites (tertiary alicyclic amines) is 2. The molecule has 5 heteroatoms. The van der Waals surface area contributed by atoms with E-state index in [-0.39, 0.29) is 12.0 Å². The third-order valence-electron chi connectivity index (χ3n) is 4.52. The average molecular weight is 357 g/mol. The number of carbonyl (C=O) groups excluding carboxylic acids is 1. The summed E-state index contributed by atoms with van der Waals surface area (Å²) in [6.45, 7) is 3.29. The Morgan fingerprint density at radius 3 is 2.70 bits per heavy atom. The zero-order valence-corrected chi connectivity index (χ0v) is 14.3. The van der Waals surface area contributed by atoms with Crippen molar-refractivity contribution in [3.05, 3.63) is 20.8 Å². The van der Waals surface area contributed by atoms with Gasteiger partial charge in [0.15, 0.2) is 0 Å². The van der Waals surface area contributed by atoms with Crippen molar-refractivity contribution < 1.29 is 4.79 Å². The van der Waals surface area contributed by atoms with Gasteiger partial charge in [0.05, 0.1) is 15.7 Å². The maximum absolute atomic E-state index is 12.5. The van der Waals surface area contributed by atoms with E-state index in [2.05, 4.69) is 33.0 Å². The molecule has 2 aliphatic rings. The summed E-state index contributed by atoms with van der Waals surface area (Å²) in [5.41, 5.74) is 0. The Hall–Kier alpha value is -0.390. The van der Waals surface area contributed by atoms with Crippen LogP contribution >= 0.6 is 27.3 Å². The first-order chi connectivity index (χ1) is 9.65. The molecule has 20 heavy (non-hydrogen) atoms. The smallest absolute Gasteiger partial charge is 0.227 e. The topological polar surface area (TPSA) is 23.6 Å². The van der Waals surface area contributed by atoms with Crippen molar-refractivity contribution in [1.29, 1.82) is 0 Å². The molecule has 1 aromatic rings. The van der Waals surface area contributed by atoms with Crippen LogP contribution in [0, 0.1) is 5.92 Å². The van der Waals surface area contributed by atoms with Crippen molar-refractivity contribution in [2.75, 3.05) is 26.7 Å². The fourth-order valence-electron chi connectivity index (χ4n) is 3.39. The average Bonchev–Trinajstić information content (AvgIpc) is 2.99. The first-order valence-corrected chi connectivity index (χ1v) is 9.00. The van der Waals surface area contributed by atoms with Crippen molar-refractivity contribution in [3.8, 4) is 0 Å². The molecule has 3 rings (SSSR count). The van der Waals surface area contributed by atoms with Gasteiger partial charge in [0.1, 0.15) is 0 Å². The van der Waals surface area contributed by atoms with Gasteiger partial charge in [-0.05, 0) is 60.4 Å². The number of hydrogen-bond acceptors (Lipinski definition) is 3. The molecule has 0 N–H and O–H groups in total. The Labute approximate surface area is 133 Å². The third kappa shape index (κ3) is 2.95. The Morgan fingerprint density at radius 2 is 2.05 bits per heavy atom. The second-order valence-corrected chi connectivity index (χ2v) is 8.40. The van der Waals surface area contributed by atoms with E-state index in [1.807, 2.05) is 11.9 Å². The van der Waals surface area contributed by atoms with Crippen LogP contribution in [0.1, 0.15) is 36.6 Å². The van der Waals surface area contributed by atoms with Crippen LogP contribution < -0.4 is 0 Å². The Morgan fingerprint density at radius 1 is 1.30 bits per heavy atom. The third-order valence-corrected chi connectivity index (χ3v) is 6.25. The Bertz CT molecular complexity index is 484. The number of nitrogens with zero attached hydrogens (tertiary/aromatic N) is 2. The lowest BCUT2D eigenvalue weighted by Crippen LogP contribution is -2.36. The molecular formula is C15H21BrN2OS. The van der Waals surface area contributed by atoms with Gasteiger partial charge in [0, 0.05) is 18.5 Å². The Kier molecular flexibility index (Phi) is 4.48.